The second-order valence-electron chi connectivity index (χ2n) is 3.16. The van der Waals surface area contributed by atoms with Crippen molar-refractivity contribution in [2.45, 2.75) is 12.8 Å². The lowest BCUT2D eigenvalue weighted by Crippen LogP contribution is -2.09. The van der Waals surface area contributed by atoms with Gasteiger partial charge in [-0.1, -0.05) is 30.3 Å². The highest BCUT2D eigenvalue weighted by molar-refractivity contribution is 5.85. The van der Waals surface area contributed by atoms with Crippen LogP contribution < -0.4 is 0 Å². The van der Waals surface area contributed by atoms with Gasteiger partial charge in [0.25, 0.3) is 0 Å². The summed E-state index contributed by atoms with van der Waals surface area (Å²) in [6.45, 7) is 2.26. The highest BCUT2D eigenvalue weighted by Crippen LogP contribution is 2.21. The number of nitrogens with zero attached hydrogens (tertiary/aromatic N) is 1. The van der Waals surface area contributed by atoms with Gasteiger partial charge < -0.3 is 4.84 Å². The Morgan fingerprint density at radius 1 is 1.38 bits per heavy atom. The van der Waals surface area contributed by atoms with Crippen molar-refractivity contribution < 1.29 is 9.74 Å². The van der Waals surface area contributed by atoms with E-state index in [1.54, 1.807) is 6.92 Å². The predicted molar refractivity (Wildman–Crippen MR) is 49.4 cm³/mol. The van der Waals surface area contributed by atoms with E-state index in [2.05, 4.69) is 0 Å². The monoisotopic (exact) mass is 177 g/mol. The number of rotatable bonds is 1. The minimum absolute atomic E-state index is 0.124. The van der Waals surface area contributed by atoms with Gasteiger partial charge >= 0.3 is 0 Å². The van der Waals surface area contributed by atoms with Crippen LogP contribution in [0.4, 0.5) is 0 Å². The van der Waals surface area contributed by atoms with E-state index in [4.69, 9.17) is 4.84 Å². The minimum Gasteiger partial charge on any atom is -0.402 e. The molecule has 0 saturated carbocycles. The molecular weight excluding hydrogens is 166 g/mol. The summed E-state index contributed by atoms with van der Waals surface area (Å²) in [6, 6.07) is 9.92. The van der Waals surface area contributed by atoms with E-state index in [9.17, 15) is 5.21 Å². The zero-order valence-electron chi connectivity index (χ0n) is 7.43. The van der Waals surface area contributed by atoms with Crippen molar-refractivity contribution in [3.05, 3.63) is 41.1 Å². The van der Waals surface area contributed by atoms with Crippen LogP contribution in [0, 0.1) is 5.21 Å². The van der Waals surface area contributed by atoms with Gasteiger partial charge in [0, 0.05) is 11.8 Å². The molecule has 0 fully saturated rings. The standard InChI is InChI=1S/C10H11NO2/c1-8-10(7-13-11(8)12)9-5-3-2-4-6-9/h2-6,10H,7H2,1H3. The van der Waals surface area contributed by atoms with E-state index in [0.29, 0.717) is 11.5 Å². The molecule has 13 heavy (non-hydrogen) atoms. The number of hydrogen-bond donors (Lipinski definition) is 0. The molecule has 3 nitrogen and oxygen atoms in total. The summed E-state index contributed by atoms with van der Waals surface area (Å²) < 4.78 is 0. The molecule has 3 heteroatoms. The molecule has 1 aliphatic heterocycles. The van der Waals surface area contributed by atoms with Gasteiger partial charge in [-0.15, -0.1) is 0 Å². The number of benzene rings is 1. The Balaban J connectivity index is 2.30. The third-order valence-electron chi connectivity index (χ3n) is 2.35. The summed E-state index contributed by atoms with van der Waals surface area (Å²) in [5, 5.41) is 11.0. The Bertz CT molecular complexity index is 332. The van der Waals surface area contributed by atoms with E-state index in [0.717, 1.165) is 11.3 Å². The molecule has 0 aliphatic carbocycles. The SMILES string of the molecule is CC1=[N+]([O-])OCC1c1ccccc1. The molecule has 1 atom stereocenters. The van der Waals surface area contributed by atoms with E-state index >= 15 is 0 Å². The number of hydrogen-bond acceptors (Lipinski definition) is 2. The highest BCUT2D eigenvalue weighted by Gasteiger charge is 2.28. The van der Waals surface area contributed by atoms with Crippen LogP contribution in [0.25, 0.3) is 0 Å². The molecular formula is C10H11NO2. The molecule has 1 aromatic carbocycles. The second-order valence-corrected chi connectivity index (χ2v) is 3.16. The van der Waals surface area contributed by atoms with Crippen molar-refractivity contribution in [2.24, 2.45) is 0 Å². The van der Waals surface area contributed by atoms with Crippen molar-refractivity contribution >= 4 is 5.71 Å². The van der Waals surface area contributed by atoms with Crippen LogP contribution in [0.3, 0.4) is 0 Å². The summed E-state index contributed by atoms with van der Waals surface area (Å²) in [6.07, 6.45) is 0. The molecule has 0 spiro atoms. The zero-order chi connectivity index (χ0) is 9.26. The third kappa shape index (κ3) is 1.37. The fourth-order valence-corrected chi connectivity index (χ4v) is 1.51. The van der Waals surface area contributed by atoms with Crippen molar-refractivity contribution in [1.82, 2.24) is 0 Å². The van der Waals surface area contributed by atoms with E-state index in [-0.39, 0.29) is 5.92 Å². The van der Waals surface area contributed by atoms with Crippen LogP contribution in [-0.4, -0.2) is 17.2 Å². The summed E-state index contributed by atoms with van der Waals surface area (Å²) in [7, 11) is 0. The van der Waals surface area contributed by atoms with Crippen LogP contribution in [0.5, 0.6) is 0 Å². The highest BCUT2D eigenvalue weighted by atomic mass is 16.9. The molecule has 1 unspecified atom stereocenters. The smallest absolute Gasteiger partial charge is 0.227 e. The summed E-state index contributed by atoms with van der Waals surface area (Å²) >= 11 is 0. The third-order valence-corrected chi connectivity index (χ3v) is 2.35. The average molecular weight is 177 g/mol. The Morgan fingerprint density at radius 2 is 2.08 bits per heavy atom. The first kappa shape index (κ1) is 8.10. The van der Waals surface area contributed by atoms with Gasteiger partial charge in [-0.3, -0.25) is 5.21 Å². The minimum atomic E-state index is 0.124. The first-order valence-electron chi connectivity index (χ1n) is 4.27. The van der Waals surface area contributed by atoms with Gasteiger partial charge in [0.05, 0.1) is 12.5 Å². The largest absolute Gasteiger partial charge is 0.402 e. The molecule has 0 radical (unpaired) electrons. The van der Waals surface area contributed by atoms with Crippen molar-refractivity contribution in [1.29, 1.82) is 0 Å². The fourth-order valence-electron chi connectivity index (χ4n) is 1.51. The van der Waals surface area contributed by atoms with Crippen molar-refractivity contribution in [3.8, 4) is 0 Å². The molecule has 0 amide bonds. The first-order chi connectivity index (χ1) is 6.29. The van der Waals surface area contributed by atoms with Gasteiger partial charge in [0.2, 0.25) is 5.71 Å². The quantitative estimate of drug-likeness (QED) is 0.612. The lowest BCUT2D eigenvalue weighted by molar-refractivity contribution is -0.731. The summed E-state index contributed by atoms with van der Waals surface area (Å²) in [4.78, 5) is 5.48. The van der Waals surface area contributed by atoms with Crippen LogP contribution in [0.15, 0.2) is 30.3 Å². The summed E-state index contributed by atoms with van der Waals surface area (Å²) in [5.74, 6) is 0.124. The molecule has 0 N–H and O–H groups in total. The molecule has 0 bridgehead atoms. The predicted octanol–water partition coefficient (Wildman–Crippen LogP) is 1.69. The average Bonchev–Trinajstić information content (AvgIpc) is 2.49. The van der Waals surface area contributed by atoms with Gasteiger partial charge in [-0.2, -0.15) is 0 Å². The van der Waals surface area contributed by atoms with Crippen LogP contribution >= 0.6 is 0 Å². The van der Waals surface area contributed by atoms with E-state index in [1.165, 1.54) is 0 Å². The Labute approximate surface area is 76.8 Å². The maximum Gasteiger partial charge on any atom is 0.227 e. The van der Waals surface area contributed by atoms with E-state index in [1.807, 2.05) is 30.3 Å². The lowest BCUT2D eigenvalue weighted by atomic mass is 9.96. The zero-order valence-corrected chi connectivity index (χ0v) is 7.43. The topological polar surface area (TPSA) is 35.3 Å². The second kappa shape index (κ2) is 3.09. The van der Waals surface area contributed by atoms with Crippen LogP contribution in [0.1, 0.15) is 18.4 Å². The Kier molecular flexibility index (Phi) is 1.93. The van der Waals surface area contributed by atoms with Gasteiger partial charge in [0.1, 0.15) is 0 Å². The van der Waals surface area contributed by atoms with Gasteiger partial charge in [0.15, 0.2) is 0 Å². The van der Waals surface area contributed by atoms with Crippen LogP contribution in [-0.2, 0) is 4.84 Å². The molecule has 1 heterocycles. The Hall–Kier alpha value is -1.51. The molecule has 0 saturated heterocycles. The Morgan fingerprint density at radius 3 is 2.62 bits per heavy atom. The molecule has 0 aromatic heterocycles. The van der Waals surface area contributed by atoms with E-state index < -0.39 is 0 Å². The maximum absolute atomic E-state index is 11.0. The van der Waals surface area contributed by atoms with Crippen molar-refractivity contribution in [3.63, 3.8) is 0 Å². The summed E-state index contributed by atoms with van der Waals surface area (Å²) in [5.41, 5.74) is 1.87. The molecule has 2 rings (SSSR count). The fraction of sp³-hybridized carbons (Fsp3) is 0.300. The van der Waals surface area contributed by atoms with Gasteiger partial charge in [-0.25, -0.2) is 0 Å². The normalized spacial score (nSPS) is 21.8. The van der Waals surface area contributed by atoms with Gasteiger partial charge in [-0.05, 0) is 5.56 Å². The lowest BCUT2D eigenvalue weighted by Gasteiger charge is -2.04. The van der Waals surface area contributed by atoms with Crippen molar-refractivity contribution in [2.75, 3.05) is 6.61 Å². The maximum atomic E-state index is 11.0. The van der Waals surface area contributed by atoms with Crippen LogP contribution in [0.2, 0.25) is 0 Å². The molecule has 68 valence electrons. The molecule has 1 aromatic rings. The molecule has 1 aliphatic rings. The first-order valence-corrected chi connectivity index (χ1v) is 4.27.